The summed E-state index contributed by atoms with van der Waals surface area (Å²) in [7, 11) is -2.41. The lowest BCUT2D eigenvalue weighted by atomic mass is 10.1. The number of aromatic nitrogens is 2. The maximum absolute atomic E-state index is 13.7. The van der Waals surface area contributed by atoms with Crippen LogP contribution >= 0.6 is 11.6 Å². The van der Waals surface area contributed by atoms with E-state index in [1.54, 1.807) is 36.5 Å². The number of nitrogens with one attached hydrogen (secondary N) is 2. The van der Waals surface area contributed by atoms with Crippen LogP contribution in [0.15, 0.2) is 90.0 Å². The average molecular weight is 604 g/mol. The second-order valence-electron chi connectivity index (χ2n) is 9.65. The van der Waals surface area contributed by atoms with Gasteiger partial charge in [-0.3, -0.25) is 14.8 Å². The Labute approximate surface area is 249 Å². The molecule has 2 heterocycles. The number of fused-ring (bicyclic) bond motifs is 2. The van der Waals surface area contributed by atoms with Gasteiger partial charge in [-0.25, -0.2) is 8.42 Å². The summed E-state index contributed by atoms with van der Waals surface area (Å²) in [5.41, 5.74) is 3.77. The predicted molar refractivity (Wildman–Crippen MR) is 167 cm³/mol. The summed E-state index contributed by atoms with van der Waals surface area (Å²) in [6, 6.07) is 22.7. The maximum Gasteiger partial charge on any atom is 0.243 e. The normalized spacial score (nSPS) is 11.6. The van der Waals surface area contributed by atoms with E-state index in [-0.39, 0.29) is 36.9 Å². The zero-order valence-electron chi connectivity index (χ0n) is 23.2. The standard InChI is InChI=1S/C31H30ClN5O4S/c1-21-19-30(26-20-22(32)8-13-29(26)35-21)34-16-18-37(42(39,40)24-11-9-23(41-2)10-12-24)17-14-31(38)36-28-7-3-6-27-25(28)5-4-15-33-27/h3-13,15,19-20H,14,16-18H2,1-2H3,(H,34,35)(H,36,38). The van der Waals surface area contributed by atoms with Gasteiger partial charge in [-0.2, -0.15) is 4.31 Å². The number of nitrogens with zero attached hydrogens (tertiary/aromatic N) is 3. The SMILES string of the molecule is COc1ccc(S(=O)(=O)N(CCNc2cc(C)nc3ccc(Cl)cc23)CCC(=O)Nc2cccc3ncccc23)cc1. The molecule has 0 aliphatic rings. The van der Waals surface area contributed by atoms with E-state index in [2.05, 4.69) is 20.6 Å². The largest absolute Gasteiger partial charge is 0.497 e. The van der Waals surface area contributed by atoms with Gasteiger partial charge in [0.1, 0.15) is 5.75 Å². The first-order chi connectivity index (χ1) is 20.2. The quantitative estimate of drug-likeness (QED) is 0.194. The van der Waals surface area contributed by atoms with E-state index >= 15 is 0 Å². The number of hydrogen-bond acceptors (Lipinski definition) is 7. The number of amides is 1. The molecule has 216 valence electrons. The van der Waals surface area contributed by atoms with Gasteiger partial charge in [0.05, 0.1) is 28.7 Å². The number of ether oxygens (including phenoxy) is 1. The third-order valence-electron chi connectivity index (χ3n) is 6.78. The van der Waals surface area contributed by atoms with Gasteiger partial charge >= 0.3 is 0 Å². The second-order valence-corrected chi connectivity index (χ2v) is 12.0. The number of methoxy groups -OCH3 is 1. The summed E-state index contributed by atoms with van der Waals surface area (Å²) in [6.45, 7) is 2.28. The molecule has 9 nitrogen and oxygen atoms in total. The van der Waals surface area contributed by atoms with Crippen molar-refractivity contribution in [2.75, 3.05) is 37.4 Å². The van der Waals surface area contributed by atoms with Crippen LogP contribution in [0.3, 0.4) is 0 Å². The van der Waals surface area contributed by atoms with Gasteiger partial charge in [-0.15, -0.1) is 0 Å². The number of rotatable bonds is 11. The molecule has 0 saturated heterocycles. The summed E-state index contributed by atoms with van der Waals surface area (Å²) in [6.07, 6.45) is 1.65. The van der Waals surface area contributed by atoms with E-state index in [0.717, 1.165) is 33.2 Å². The molecule has 0 unspecified atom stereocenters. The van der Waals surface area contributed by atoms with E-state index in [0.29, 0.717) is 16.5 Å². The van der Waals surface area contributed by atoms with Crippen molar-refractivity contribution >= 4 is 60.7 Å². The smallest absolute Gasteiger partial charge is 0.243 e. The van der Waals surface area contributed by atoms with Crippen molar-refractivity contribution in [1.29, 1.82) is 0 Å². The Hall–Kier alpha value is -4.25. The highest BCUT2D eigenvalue weighted by Gasteiger charge is 2.25. The molecule has 42 heavy (non-hydrogen) atoms. The summed E-state index contributed by atoms with van der Waals surface area (Å²) >= 11 is 6.23. The van der Waals surface area contributed by atoms with Crippen molar-refractivity contribution in [1.82, 2.24) is 14.3 Å². The number of benzene rings is 3. The monoisotopic (exact) mass is 603 g/mol. The van der Waals surface area contributed by atoms with Gasteiger partial charge in [-0.1, -0.05) is 17.7 Å². The van der Waals surface area contributed by atoms with Crippen molar-refractivity contribution in [2.45, 2.75) is 18.2 Å². The van der Waals surface area contributed by atoms with Crippen LogP contribution in [0.4, 0.5) is 11.4 Å². The average Bonchev–Trinajstić information content (AvgIpc) is 2.99. The van der Waals surface area contributed by atoms with E-state index < -0.39 is 10.0 Å². The topological polar surface area (TPSA) is 114 Å². The van der Waals surface area contributed by atoms with Gasteiger partial charge < -0.3 is 15.4 Å². The fourth-order valence-corrected chi connectivity index (χ4v) is 6.31. The molecule has 0 saturated carbocycles. The predicted octanol–water partition coefficient (Wildman–Crippen LogP) is 5.89. The number of pyridine rings is 2. The highest BCUT2D eigenvalue weighted by molar-refractivity contribution is 7.89. The highest BCUT2D eigenvalue weighted by atomic mass is 35.5. The molecule has 0 aliphatic heterocycles. The van der Waals surface area contributed by atoms with Crippen molar-refractivity contribution in [3.63, 3.8) is 0 Å². The third kappa shape index (κ3) is 6.62. The van der Waals surface area contributed by atoms with Crippen LogP contribution in [-0.2, 0) is 14.8 Å². The third-order valence-corrected chi connectivity index (χ3v) is 8.93. The maximum atomic E-state index is 13.7. The van der Waals surface area contributed by atoms with Gasteiger partial charge in [0.25, 0.3) is 0 Å². The van der Waals surface area contributed by atoms with Crippen LogP contribution in [0, 0.1) is 6.92 Å². The molecule has 0 fully saturated rings. The van der Waals surface area contributed by atoms with Crippen LogP contribution in [0.5, 0.6) is 5.75 Å². The summed E-state index contributed by atoms with van der Waals surface area (Å²) in [5, 5.41) is 8.47. The second kappa shape index (κ2) is 12.7. The number of carbonyl (C=O) groups is 1. The minimum absolute atomic E-state index is 0.0210. The first kappa shape index (κ1) is 29.2. The van der Waals surface area contributed by atoms with E-state index in [9.17, 15) is 13.2 Å². The Morgan fingerprint density at radius 3 is 2.52 bits per heavy atom. The molecule has 0 bridgehead atoms. The molecule has 3 aromatic carbocycles. The number of hydrogen-bond donors (Lipinski definition) is 2. The van der Waals surface area contributed by atoms with Crippen LogP contribution in [-0.4, -0.2) is 55.3 Å². The molecule has 0 aliphatic carbocycles. The van der Waals surface area contributed by atoms with E-state index in [1.807, 2.05) is 43.3 Å². The minimum Gasteiger partial charge on any atom is -0.497 e. The minimum atomic E-state index is -3.93. The Balaban J connectivity index is 1.34. The number of aryl methyl sites for hydroxylation is 1. The van der Waals surface area contributed by atoms with Gasteiger partial charge in [0.2, 0.25) is 15.9 Å². The Kier molecular flexibility index (Phi) is 8.86. The highest BCUT2D eigenvalue weighted by Crippen LogP contribution is 2.27. The molecule has 2 N–H and O–H groups in total. The number of halogens is 1. The molecule has 5 rings (SSSR count). The fourth-order valence-electron chi connectivity index (χ4n) is 4.69. The van der Waals surface area contributed by atoms with E-state index in [4.69, 9.17) is 16.3 Å². The van der Waals surface area contributed by atoms with Gasteiger partial charge in [-0.05, 0) is 79.7 Å². The van der Waals surface area contributed by atoms with Crippen molar-refractivity contribution in [3.8, 4) is 5.75 Å². The summed E-state index contributed by atoms with van der Waals surface area (Å²) < 4.78 is 33.9. The Morgan fingerprint density at radius 2 is 1.74 bits per heavy atom. The van der Waals surface area contributed by atoms with Gasteiger partial charge in [0, 0.05) is 59.4 Å². The van der Waals surface area contributed by atoms with Crippen molar-refractivity contribution < 1.29 is 17.9 Å². The number of sulfonamides is 1. The lowest BCUT2D eigenvalue weighted by Gasteiger charge is -2.23. The van der Waals surface area contributed by atoms with Crippen molar-refractivity contribution in [2.24, 2.45) is 0 Å². The lowest BCUT2D eigenvalue weighted by Crippen LogP contribution is -2.37. The first-order valence-electron chi connectivity index (χ1n) is 13.3. The zero-order chi connectivity index (χ0) is 29.7. The Morgan fingerprint density at radius 1 is 0.929 bits per heavy atom. The van der Waals surface area contributed by atoms with Crippen LogP contribution in [0.25, 0.3) is 21.8 Å². The first-order valence-corrected chi connectivity index (χ1v) is 15.1. The summed E-state index contributed by atoms with van der Waals surface area (Å²) in [5.74, 6) is 0.240. The van der Waals surface area contributed by atoms with Gasteiger partial charge in [0.15, 0.2) is 0 Å². The van der Waals surface area contributed by atoms with Crippen LogP contribution < -0.4 is 15.4 Å². The molecule has 11 heteroatoms. The van der Waals surface area contributed by atoms with Crippen molar-refractivity contribution in [3.05, 3.63) is 95.8 Å². The Bertz CT molecular complexity index is 1840. The molecular weight excluding hydrogens is 574 g/mol. The molecule has 0 spiro atoms. The zero-order valence-corrected chi connectivity index (χ0v) is 24.7. The number of carbonyl (C=O) groups excluding carboxylic acids is 1. The molecule has 0 radical (unpaired) electrons. The molecular formula is C31H30ClN5O4S. The molecule has 1 amide bonds. The fraction of sp³-hybridized carbons (Fsp3) is 0.194. The van der Waals surface area contributed by atoms with E-state index in [1.165, 1.54) is 23.5 Å². The number of anilines is 2. The lowest BCUT2D eigenvalue weighted by molar-refractivity contribution is -0.116. The summed E-state index contributed by atoms with van der Waals surface area (Å²) in [4.78, 5) is 22.0. The molecule has 5 aromatic rings. The molecule has 2 aromatic heterocycles. The van der Waals surface area contributed by atoms with Crippen LogP contribution in [0.2, 0.25) is 5.02 Å². The van der Waals surface area contributed by atoms with Crippen LogP contribution in [0.1, 0.15) is 12.1 Å². The molecule has 0 atom stereocenters.